The predicted octanol–water partition coefficient (Wildman–Crippen LogP) is 4.96. The zero-order valence-corrected chi connectivity index (χ0v) is 18.4. The number of nitrogens with zero attached hydrogens (tertiary/aromatic N) is 1. The SMILES string of the molecule is CC(C)(C)[Si](F)(c1ccc(C[N+](C)(C)CCCC=O)cc1)C(C)(C)C. The van der Waals surface area contributed by atoms with E-state index in [0.717, 1.165) is 35.5 Å². The van der Waals surface area contributed by atoms with Crippen LogP contribution in [0.1, 0.15) is 59.9 Å². The molecule has 0 N–H and O–H groups in total. The Morgan fingerprint density at radius 2 is 1.48 bits per heavy atom. The summed E-state index contributed by atoms with van der Waals surface area (Å²) in [6, 6.07) is 8.22. The second-order valence-corrected chi connectivity index (χ2v) is 14.9. The molecule has 142 valence electrons. The molecular formula is C21H37FNOSi+. The van der Waals surface area contributed by atoms with E-state index in [-0.39, 0.29) is 10.1 Å². The molecule has 0 saturated heterocycles. The van der Waals surface area contributed by atoms with Gasteiger partial charge in [0, 0.05) is 18.4 Å². The molecule has 0 saturated carbocycles. The molecule has 0 spiro atoms. The van der Waals surface area contributed by atoms with Gasteiger partial charge in [-0.15, -0.1) is 0 Å². The van der Waals surface area contributed by atoms with Crippen molar-refractivity contribution in [3.8, 4) is 0 Å². The molecular weight excluding hydrogens is 329 g/mol. The highest BCUT2D eigenvalue weighted by Crippen LogP contribution is 2.51. The summed E-state index contributed by atoms with van der Waals surface area (Å²) < 4.78 is 17.2. The van der Waals surface area contributed by atoms with Gasteiger partial charge in [0.05, 0.1) is 20.6 Å². The van der Waals surface area contributed by atoms with E-state index in [2.05, 4.69) is 26.2 Å². The van der Waals surface area contributed by atoms with Crippen molar-refractivity contribution < 1.29 is 13.4 Å². The first-order valence-corrected chi connectivity index (χ1v) is 11.2. The Kier molecular flexibility index (Phi) is 6.79. The second kappa shape index (κ2) is 7.71. The van der Waals surface area contributed by atoms with Crippen LogP contribution in [0.15, 0.2) is 24.3 Å². The van der Waals surface area contributed by atoms with Gasteiger partial charge in [0.2, 0.25) is 0 Å². The Labute approximate surface area is 155 Å². The lowest BCUT2D eigenvalue weighted by molar-refractivity contribution is -0.903. The van der Waals surface area contributed by atoms with Gasteiger partial charge in [-0.2, -0.15) is 0 Å². The maximum Gasteiger partial charge on any atom is 0.288 e. The van der Waals surface area contributed by atoms with Crippen molar-refractivity contribution in [3.63, 3.8) is 0 Å². The fourth-order valence-corrected chi connectivity index (χ4v) is 8.61. The molecule has 0 radical (unpaired) electrons. The van der Waals surface area contributed by atoms with Crippen LogP contribution in [0.25, 0.3) is 0 Å². The van der Waals surface area contributed by atoms with Crippen LogP contribution in [0.4, 0.5) is 4.11 Å². The molecule has 25 heavy (non-hydrogen) atoms. The zero-order chi connectivity index (χ0) is 19.5. The van der Waals surface area contributed by atoms with Crippen LogP contribution in [-0.2, 0) is 11.3 Å². The second-order valence-electron chi connectivity index (χ2n) is 9.98. The van der Waals surface area contributed by atoms with Gasteiger partial charge in [-0.25, -0.2) is 0 Å². The van der Waals surface area contributed by atoms with Gasteiger partial charge in [0.1, 0.15) is 12.8 Å². The molecule has 0 aromatic heterocycles. The maximum absolute atomic E-state index is 16.3. The molecule has 0 unspecified atom stereocenters. The Hall–Kier alpha value is -1.00. The molecule has 0 aliphatic rings. The Bertz CT molecular complexity index is 553. The number of quaternary nitrogens is 1. The topological polar surface area (TPSA) is 17.1 Å². The highest BCUT2D eigenvalue weighted by atomic mass is 28.4. The van der Waals surface area contributed by atoms with Crippen molar-refractivity contribution >= 4 is 19.9 Å². The summed E-state index contributed by atoms with van der Waals surface area (Å²) in [4.78, 5) is 10.5. The zero-order valence-electron chi connectivity index (χ0n) is 17.4. The van der Waals surface area contributed by atoms with E-state index in [1.807, 2.05) is 53.7 Å². The van der Waals surface area contributed by atoms with Crippen LogP contribution in [-0.4, -0.2) is 39.8 Å². The smallest absolute Gasteiger partial charge is 0.288 e. The van der Waals surface area contributed by atoms with Gasteiger partial charge >= 0.3 is 0 Å². The Balaban J connectivity index is 3.03. The summed E-state index contributed by atoms with van der Waals surface area (Å²) >= 11 is 0. The quantitative estimate of drug-likeness (QED) is 0.219. The standard InChI is InChI=1S/C21H37FNOSi/c1-20(2,3)25(22,21(4,5)6)19-13-11-18(12-14-19)17-23(7,8)15-9-10-16-24/h11-14,16H,9-10,15,17H2,1-8H3/q+1. The lowest BCUT2D eigenvalue weighted by Gasteiger charge is -2.45. The average Bonchev–Trinajstić information content (AvgIpc) is 2.44. The Morgan fingerprint density at radius 3 is 1.88 bits per heavy atom. The van der Waals surface area contributed by atoms with Crippen molar-refractivity contribution in [2.75, 3.05) is 20.6 Å². The molecule has 0 aliphatic carbocycles. The average molecular weight is 367 g/mol. The number of unbranched alkanes of at least 4 members (excludes halogenated alkanes) is 1. The predicted molar refractivity (Wildman–Crippen MR) is 108 cm³/mol. The third-order valence-corrected chi connectivity index (χ3v) is 10.4. The molecule has 2 nitrogen and oxygen atoms in total. The first-order chi connectivity index (χ1) is 11.2. The van der Waals surface area contributed by atoms with E-state index in [9.17, 15) is 4.79 Å². The summed E-state index contributed by atoms with van der Waals surface area (Å²) in [5.74, 6) is 0. The van der Waals surface area contributed by atoms with Crippen LogP contribution in [0.2, 0.25) is 10.1 Å². The Morgan fingerprint density at radius 1 is 1.00 bits per heavy atom. The van der Waals surface area contributed by atoms with Gasteiger partial charge < -0.3 is 13.4 Å². The maximum atomic E-state index is 16.3. The monoisotopic (exact) mass is 366 g/mol. The third kappa shape index (κ3) is 5.24. The number of carbonyl (C=O) groups excluding carboxylic acids is 1. The van der Waals surface area contributed by atoms with Crippen LogP contribution in [0.3, 0.4) is 0 Å². The first kappa shape index (κ1) is 22.0. The van der Waals surface area contributed by atoms with E-state index in [1.165, 1.54) is 5.56 Å². The highest BCUT2D eigenvalue weighted by molar-refractivity contribution is 6.90. The van der Waals surface area contributed by atoms with E-state index >= 15 is 4.11 Å². The van der Waals surface area contributed by atoms with Crippen molar-refractivity contribution in [2.45, 2.75) is 71.0 Å². The number of benzene rings is 1. The molecule has 1 aromatic rings. The number of hydrogen-bond acceptors (Lipinski definition) is 1. The third-order valence-electron chi connectivity index (χ3n) is 5.11. The fourth-order valence-electron chi connectivity index (χ4n) is 4.01. The van der Waals surface area contributed by atoms with Crippen molar-refractivity contribution in [1.82, 2.24) is 0 Å². The van der Waals surface area contributed by atoms with Gasteiger partial charge in [-0.3, -0.25) is 0 Å². The molecule has 0 amide bonds. The minimum Gasteiger partial charge on any atom is -0.325 e. The molecule has 0 bridgehead atoms. The molecule has 1 rings (SSSR count). The largest absolute Gasteiger partial charge is 0.325 e. The minimum absolute atomic E-state index is 0.350. The number of halogens is 1. The highest BCUT2D eigenvalue weighted by Gasteiger charge is 2.56. The number of aldehydes is 1. The summed E-state index contributed by atoms with van der Waals surface area (Å²) in [6.07, 6.45) is 2.51. The lowest BCUT2D eigenvalue weighted by atomic mass is 10.2. The molecule has 0 fully saturated rings. The van der Waals surface area contributed by atoms with Crippen LogP contribution in [0.5, 0.6) is 0 Å². The van der Waals surface area contributed by atoms with Gasteiger partial charge in [0.25, 0.3) is 8.41 Å². The minimum atomic E-state index is -3.18. The number of rotatable bonds is 7. The van der Waals surface area contributed by atoms with Crippen LogP contribution < -0.4 is 5.19 Å². The molecule has 0 heterocycles. The summed E-state index contributed by atoms with van der Waals surface area (Å²) in [5, 5.41) is 0.191. The summed E-state index contributed by atoms with van der Waals surface area (Å²) in [6.45, 7) is 14.1. The van der Waals surface area contributed by atoms with Gasteiger partial charge in [0.15, 0.2) is 0 Å². The van der Waals surface area contributed by atoms with E-state index in [1.54, 1.807) is 0 Å². The normalized spacial score (nSPS) is 13.8. The van der Waals surface area contributed by atoms with Crippen LogP contribution >= 0.6 is 0 Å². The van der Waals surface area contributed by atoms with E-state index in [4.69, 9.17) is 0 Å². The molecule has 0 atom stereocenters. The molecule has 0 aliphatic heterocycles. The lowest BCUT2D eigenvalue weighted by Crippen LogP contribution is -2.57. The van der Waals surface area contributed by atoms with Crippen LogP contribution in [0, 0.1) is 0 Å². The summed E-state index contributed by atoms with van der Waals surface area (Å²) in [7, 11) is 1.18. The molecule has 1 aromatic carbocycles. The van der Waals surface area contributed by atoms with Crippen molar-refractivity contribution in [1.29, 1.82) is 0 Å². The van der Waals surface area contributed by atoms with Crippen molar-refractivity contribution in [3.05, 3.63) is 29.8 Å². The number of hydrogen-bond donors (Lipinski definition) is 0. The van der Waals surface area contributed by atoms with Crippen molar-refractivity contribution in [2.24, 2.45) is 0 Å². The number of carbonyl (C=O) groups is 1. The van der Waals surface area contributed by atoms with E-state index in [0.29, 0.717) is 6.42 Å². The van der Waals surface area contributed by atoms with E-state index < -0.39 is 8.41 Å². The van der Waals surface area contributed by atoms with Gasteiger partial charge in [-0.1, -0.05) is 65.8 Å². The first-order valence-electron chi connectivity index (χ1n) is 9.28. The molecule has 4 heteroatoms. The fraction of sp³-hybridized carbons (Fsp3) is 0.667. The summed E-state index contributed by atoms with van der Waals surface area (Å²) in [5.41, 5.74) is 1.22. The van der Waals surface area contributed by atoms with Gasteiger partial charge in [-0.05, 0) is 15.3 Å².